The van der Waals surface area contributed by atoms with Crippen LogP contribution in [-0.2, 0) is 0 Å². The Kier molecular flexibility index (Phi) is 3.45. The standard InChI is InChI=1S/C18H17N5O/c1-10-11(2)22-15-9-13(5-6-14(15)21-10)18(24)23-17-16(12-3-4-12)19-7-8-20-17/h5-9,12H,3-4H2,1-2H3,(H,20,23,24). The van der Waals surface area contributed by atoms with Gasteiger partial charge in [-0.25, -0.2) is 15.0 Å². The van der Waals surface area contributed by atoms with Crippen molar-refractivity contribution < 1.29 is 4.79 Å². The predicted octanol–water partition coefficient (Wildman–Crippen LogP) is 3.17. The number of hydrogen-bond acceptors (Lipinski definition) is 5. The number of nitrogens with one attached hydrogen (secondary N) is 1. The summed E-state index contributed by atoms with van der Waals surface area (Å²) < 4.78 is 0. The van der Waals surface area contributed by atoms with Gasteiger partial charge in [0.05, 0.1) is 28.1 Å². The second-order valence-electron chi connectivity index (χ2n) is 6.12. The highest BCUT2D eigenvalue weighted by Crippen LogP contribution is 2.41. The van der Waals surface area contributed by atoms with Crippen LogP contribution in [0.1, 0.15) is 46.2 Å². The van der Waals surface area contributed by atoms with E-state index in [4.69, 9.17) is 0 Å². The molecule has 1 aliphatic rings. The zero-order chi connectivity index (χ0) is 16.7. The first-order valence-corrected chi connectivity index (χ1v) is 7.99. The van der Waals surface area contributed by atoms with Crippen LogP contribution in [0, 0.1) is 13.8 Å². The van der Waals surface area contributed by atoms with E-state index in [0.717, 1.165) is 35.4 Å². The molecule has 0 aliphatic heterocycles. The minimum atomic E-state index is -0.209. The molecule has 2 heterocycles. The van der Waals surface area contributed by atoms with E-state index in [2.05, 4.69) is 25.3 Å². The number of carbonyl (C=O) groups excluding carboxylic acids is 1. The van der Waals surface area contributed by atoms with Crippen LogP contribution < -0.4 is 5.32 Å². The highest BCUT2D eigenvalue weighted by atomic mass is 16.1. The topological polar surface area (TPSA) is 80.7 Å². The maximum absolute atomic E-state index is 12.6. The Morgan fingerprint density at radius 2 is 1.75 bits per heavy atom. The SMILES string of the molecule is Cc1nc2ccc(C(=O)Nc3nccnc3C3CC3)cc2nc1C. The normalized spacial score (nSPS) is 13.9. The maximum atomic E-state index is 12.6. The smallest absolute Gasteiger partial charge is 0.256 e. The van der Waals surface area contributed by atoms with Crippen LogP contribution in [0.2, 0.25) is 0 Å². The molecule has 3 aromatic rings. The van der Waals surface area contributed by atoms with Crippen LogP contribution in [0.5, 0.6) is 0 Å². The molecule has 1 aromatic carbocycles. The summed E-state index contributed by atoms with van der Waals surface area (Å²) in [7, 11) is 0. The first-order valence-electron chi connectivity index (χ1n) is 7.99. The summed E-state index contributed by atoms with van der Waals surface area (Å²) in [6.45, 7) is 3.84. The highest BCUT2D eigenvalue weighted by molar-refractivity contribution is 6.05. The summed E-state index contributed by atoms with van der Waals surface area (Å²) in [6, 6.07) is 5.34. The number of rotatable bonds is 3. The molecule has 24 heavy (non-hydrogen) atoms. The first kappa shape index (κ1) is 14.7. The van der Waals surface area contributed by atoms with Crippen molar-refractivity contribution in [2.45, 2.75) is 32.6 Å². The van der Waals surface area contributed by atoms with Gasteiger partial charge in [0, 0.05) is 23.9 Å². The summed E-state index contributed by atoms with van der Waals surface area (Å²) in [5.41, 5.74) is 4.67. The van der Waals surface area contributed by atoms with Crippen molar-refractivity contribution >= 4 is 22.8 Å². The molecule has 1 aliphatic carbocycles. The lowest BCUT2D eigenvalue weighted by Crippen LogP contribution is -2.15. The Bertz CT molecular complexity index is 949. The van der Waals surface area contributed by atoms with Crippen molar-refractivity contribution in [2.75, 3.05) is 5.32 Å². The van der Waals surface area contributed by atoms with Crippen molar-refractivity contribution in [2.24, 2.45) is 0 Å². The molecule has 1 saturated carbocycles. The van der Waals surface area contributed by atoms with E-state index < -0.39 is 0 Å². The maximum Gasteiger partial charge on any atom is 0.256 e. The largest absolute Gasteiger partial charge is 0.305 e. The van der Waals surface area contributed by atoms with Gasteiger partial charge in [0.25, 0.3) is 5.91 Å². The fraction of sp³-hybridized carbons (Fsp3) is 0.278. The van der Waals surface area contributed by atoms with Gasteiger partial charge in [-0.3, -0.25) is 9.78 Å². The molecule has 0 bridgehead atoms. The van der Waals surface area contributed by atoms with E-state index in [0.29, 0.717) is 22.8 Å². The number of amides is 1. The fourth-order valence-corrected chi connectivity index (χ4v) is 2.65. The van der Waals surface area contributed by atoms with Gasteiger partial charge in [-0.15, -0.1) is 0 Å². The molecule has 6 nitrogen and oxygen atoms in total. The number of anilines is 1. The van der Waals surface area contributed by atoms with Crippen LogP contribution in [-0.4, -0.2) is 25.8 Å². The first-order chi connectivity index (χ1) is 11.6. The zero-order valence-electron chi connectivity index (χ0n) is 13.6. The molecular formula is C18H17N5O. The third-order valence-corrected chi connectivity index (χ3v) is 4.26. The lowest BCUT2D eigenvalue weighted by Gasteiger charge is -2.09. The molecule has 0 radical (unpaired) electrons. The number of carbonyl (C=O) groups is 1. The van der Waals surface area contributed by atoms with Crippen molar-refractivity contribution in [3.63, 3.8) is 0 Å². The van der Waals surface area contributed by atoms with E-state index in [1.165, 1.54) is 0 Å². The van der Waals surface area contributed by atoms with E-state index in [-0.39, 0.29) is 5.91 Å². The molecule has 0 unspecified atom stereocenters. The van der Waals surface area contributed by atoms with E-state index in [1.54, 1.807) is 24.5 Å². The minimum Gasteiger partial charge on any atom is -0.305 e. The van der Waals surface area contributed by atoms with Gasteiger partial charge >= 0.3 is 0 Å². The minimum absolute atomic E-state index is 0.209. The van der Waals surface area contributed by atoms with Crippen LogP contribution in [0.4, 0.5) is 5.82 Å². The van der Waals surface area contributed by atoms with Gasteiger partial charge in [0.15, 0.2) is 5.82 Å². The molecule has 1 amide bonds. The number of benzene rings is 1. The Morgan fingerprint density at radius 3 is 2.50 bits per heavy atom. The van der Waals surface area contributed by atoms with Crippen LogP contribution >= 0.6 is 0 Å². The third-order valence-electron chi connectivity index (χ3n) is 4.26. The lowest BCUT2D eigenvalue weighted by atomic mass is 10.1. The average Bonchev–Trinajstić information content (AvgIpc) is 3.41. The molecule has 0 atom stereocenters. The Labute approximate surface area is 139 Å². The summed E-state index contributed by atoms with van der Waals surface area (Å²) in [5.74, 6) is 0.762. The molecule has 6 heteroatoms. The number of aryl methyl sites for hydroxylation is 2. The van der Waals surface area contributed by atoms with Gasteiger partial charge in [-0.1, -0.05) is 0 Å². The van der Waals surface area contributed by atoms with Crippen LogP contribution in [0.25, 0.3) is 11.0 Å². The Hall–Kier alpha value is -2.89. The van der Waals surface area contributed by atoms with Crippen molar-refractivity contribution in [1.29, 1.82) is 0 Å². The van der Waals surface area contributed by atoms with E-state index in [9.17, 15) is 4.79 Å². The monoisotopic (exact) mass is 319 g/mol. The second-order valence-corrected chi connectivity index (χ2v) is 6.12. The van der Waals surface area contributed by atoms with Crippen molar-refractivity contribution in [1.82, 2.24) is 19.9 Å². The Morgan fingerprint density at radius 1 is 1.04 bits per heavy atom. The summed E-state index contributed by atoms with van der Waals surface area (Å²) >= 11 is 0. The van der Waals surface area contributed by atoms with E-state index in [1.807, 2.05) is 19.9 Å². The van der Waals surface area contributed by atoms with Crippen LogP contribution in [0.15, 0.2) is 30.6 Å². The molecule has 1 N–H and O–H groups in total. The molecule has 1 fully saturated rings. The van der Waals surface area contributed by atoms with Crippen molar-refractivity contribution in [3.05, 3.63) is 53.2 Å². The fourth-order valence-electron chi connectivity index (χ4n) is 2.65. The van der Waals surface area contributed by atoms with Gasteiger partial charge < -0.3 is 5.32 Å². The zero-order valence-corrected chi connectivity index (χ0v) is 13.6. The number of hydrogen-bond donors (Lipinski definition) is 1. The molecule has 2 aromatic heterocycles. The van der Waals surface area contributed by atoms with Gasteiger partial charge in [-0.05, 0) is 44.9 Å². The predicted molar refractivity (Wildman–Crippen MR) is 91.0 cm³/mol. The summed E-state index contributed by atoms with van der Waals surface area (Å²) in [5, 5.41) is 2.88. The quantitative estimate of drug-likeness (QED) is 0.802. The van der Waals surface area contributed by atoms with Gasteiger partial charge in [-0.2, -0.15) is 0 Å². The lowest BCUT2D eigenvalue weighted by molar-refractivity contribution is 0.102. The molecular weight excluding hydrogens is 302 g/mol. The molecule has 0 saturated heterocycles. The van der Waals surface area contributed by atoms with Gasteiger partial charge in [0.1, 0.15) is 0 Å². The average molecular weight is 319 g/mol. The van der Waals surface area contributed by atoms with E-state index >= 15 is 0 Å². The number of nitrogens with zero attached hydrogens (tertiary/aromatic N) is 4. The molecule has 120 valence electrons. The molecule has 0 spiro atoms. The third kappa shape index (κ3) is 2.71. The van der Waals surface area contributed by atoms with Gasteiger partial charge in [0.2, 0.25) is 0 Å². The number of fused-ring (bicyclic) bond motifs is 1. The summed E-state index contributed by atoms with van der Waals surface area (Å²) in [4.78, 5) is 30.2. The highest BCUT2D eigenvalue weighted by Gasteiger charge is 2.28. The van der Waals surface area contributed by atoms with Crippen LogP contribution in [0.3, 0.4) is 0 Å². The number of aromatic nitrogens is 4. The molecule has 4 rings (SSSR count). The second kappa shape index (κ2) is 5.63. The Balaban J connectivity index is 1.65. The summed E-state index contributed by atoms with van der Waals surface area (Å²) in [6.07, 6.45) is 5.47. The van der Waals surface area contributed by atoms with Crippen molar-refractivity contribution in [3.8, 4) is 0 Å².